The monoisotopic (exact) mass is 641 g/mol. The van der Waals surface area contributed by atoms with Crippen LogP contribution < -0.4 is 21.6 Å². The number of ketones is 1. The van der Waals surface area contributed by atoms with Gasteiger partial charge in [-0.25, -0.2) is 0 Å². The first-order valence-electron chi connectivity index (χ1n) is 13.6. The molecule has 0 bridgehead atoms. The Morgan fingerprint density at radius 2 is 1.87 bits per heavy atom. The third-order valence-electron chi connectivity index (χ3n) is 8.86. The van der Waals surface area contributed by atoms with Crippen LogP contribution in [0.2, 0.25) is 0 Å². The predicted molar refractivity (Wildman–Crippen MR) is 140 cm³/mol. The van der Waals surface area contributed by atoms with E-state index in [9.17, 15) is 19.8 Å². The summed E-state index contributed by atoms with van der Waals surface area (Å²) in [6.45, 7) is 11.0. The Kier molecular flexibility index (Phi) is 8.62. The zero-order chi connectivity index (χ0) is 28.0. The van der Waals surface area contributed by atoms with E-state index < -0.39 is 57.2 Å². The topological polar surface area (TPSA) is 111 Å². The molecule has 2 aliphatic heterocycles. The Labute approximate surface area is 236 Å². The maximum absolute atomic E-state index is 13.3. The van der Waals surface area contributed by atoms with Crippen molar-refractivity contribution in [2.24, 2.45) is 24.3 Å². The molecule has 9 heteroatoms. The number of aliphatic hydroxyl groups is 2. The van der Waals surface area contributed by atoms with Gasteiger partial charge in [0.1, 0.15) is 0 Å². The van der Waals surface area contributed by atoms with Gasteiger partial charge in [0.2, 0.25) is 0 Å². The quantitative estimate of drug-likeness (QED) is 0.274. The Balaban J connectivity index is 1.65. The van der Waals surface area contributed by atoms with E-state index in [0.29, 0.717) is 10.3 Å². The summed E-state index contributed by atoms with van der Waals surface area (Å²) in [7, 11) is 1.98. The molecule has 0 radical (unpaired) electrons. The van der Waals surface area contributed by atoms with Crippen molar-refractivity contribution >= 4 is 22.8 Å². The number of benzene rings is 1. The molecule has 2 aliphatic rings. The zero-order valence-corrected chi connectivity index (χ0v) is 25.7. The number of fused-ring (bicyclic) bond motifs is 2. The van der Waals surface area contributed by atoms with Crippen LogP contribution in [0.4, 0.5) is 0 Å². The average molecular weight is 642 g/mol. The Bertz CT molecular complexity index is 1200. The average Bonchev–Trinajstić information content (AvgIpc) is 3.15. The number of rotatable bonds is 1. The van der Waals surface area contributed by atoms with Crippen molar-refractivity contribution in [1.82, 2.24) is 9.55 Å². The molecule has 2 aromatic rings. The first-order chi connectivity index (χ1) is 17.7. The standard InChI is InChI=1S/C29H42IN2O6/c1-16-9-8-12-29(6)23(30-38-29)14-22(19-10-11-21-20(13-19)31-18(3)32(21)7)37-25(34)15-24(33)28(4,5)27(36)17(2)26(16)35/h10-11,13,16-17,22-24,26,33,35H,8-9,12,14-15H2,1-7H3/q-1/t16-,17+,22?,23?,24-,26-,29+/m0/s1. The summed E-state index contributed by atoms with van der Waals surface area (Å²) in [4.78, 5) is 31.2. The summed E-state index contributed by atoms with van der Waals surface area (Å²) < 4.78 is 14.6. The number of esters is 1. The molecular formula is C29H42IN2O6-. The summed E-state index contributed by atoms with van der Waals surface area (Å²) in [6.07, 6.45) is 0.284. The molecule has 212 valence electrons. The second-order valence-corrected chi connectivity index (χ2v) is 14.5. The van der Waals surface area contributed by atoms with Crippen molar-refractivity contribution in [2.75, 3.05) is 0 Å². The van der Waals surface area contributed by atoms with Gasteiger partial charge in [0, 0.05) is 0 Å². The molecule has 2 N–H and O–H groups in total. The van der Waals surface area contributed by atoms with Crippen LogP contribution in [0.15, 0.2) is 18.2 Å². The van der Waals surface area contributed by atoms with Crippen molar-refractivity contribution in [3.8, 4) is 0 Å². The van der Waals surface area contributed by atoms with E-state index in [1.165, 1.54) is 0 Å². The zero-order valence-electron chi connectivity index (χ0n) is 23.5. The number of aromatic nitrogens is 2. The number of cyclic esters (lactones) is 1. The van der Waals surface area contributed by atoms with Crippen LogP contribution >= 0.6 is 0 Å². The van der Waals surface area contributed by atoms with E-state index in [1.54, 1.807) is 20.8 Å². The molecule has 2 fully saturated rings. The van der Waals surface area contributed by atoms with Crippen LogP contribution in [0.5, 0.6) is 0 Å². The van der Waals surface area contributed by atoms with Crippen LogP contribution in [-0.4, -0.2) is 53.3 Å². The van der Waals surface area contributed by atoms with Gasteiger partial charge >= 0.3 is 237 Å². The van der Waals surface area contributed by atoms with E-state index in [2.05, 4.69) is 11.9 Å². The van der Waals surface area contributed by atoms with Gasteiger partial charge in [0.15, 0.2) is 0 Å². The van der Waals surface area contributed by atoms with Crippen LogP contribution in [0.25, 0.3) is 11.0 Å². The number of nitrogens with zero attached hydrogens (tertiary/aromatic N) is 2. The third kappa shape index (κ3) is 5.67. The van der Waals surface area contributed by atoms with E-state index >= 15 is 0 Å². The van der Waals surface area contributed by atoms with Gasteiger partial charge in [0.05, 0.1) is 0 Å². The van der Waals surface area contributed by atoms with Crippen molar-refractivity contribution in [1.29, 1.82) is 0 Å². The number of ether oxygens (including phenoxy) is 1. The molecule has 8 nitrogen and oxygen atoms in total. The molecule has 1 aromatic carbocycles. The van der Waals surface area contributed by atoms with E-state index in [0.717, 1.165) is 41.7 Å². The number of hydrogen-bond acceptors (Lipinski definition) is 7. The molecule has 0 aliphatic carbocycles. The molecular weight excluding hydrogens is 599 g/mol. The Morgan fingerprint density at radius 3 is 2.53 bits per heavy atom. The molecule has 38 heavy (non-hydrogen) atoms. The third-order valence-corrected chi connectivity index (χ3v) is 12.6. The second-order valence-electron chi connectivity index (χ2n) is 12.1. The number of imidazole rings is 1. The normalized spacial score (nSPS) is 35.6. The first kappa shape index (κ1) is 29.4. The fourth-order valence-corrected chi connectivity index (χ4v) is 8.37. The van der Waals surface area contributed by atoms with Crippen LogP contribution in [0, 0.1) is 24.2 Å². The van der Waals surface area contributed by atoms with Gasteiger partial charge in [0.25, 0.3) is 0 Å². The summed E-state index contributed by atoms with van der Waals surface area (Å²) in [5.41, 5.74) is 1.23. The van der Waals surface area contributed by atoms with Crippen molar-refractivity contribution in [3.63, 3.8) is 0 Å². The van der Waals surface area contributed by atoms with Crippen molar-refractivity contribution in [3.05, 3.63) is 29.6 Å². The number of carbonyl (C=O) groups excluding carboxylic acids is 2. The summed E-state index contributed by atoms with van der Waals surface area (Å²) >= 11 is -0.492. The molecule has 3 heterocycles. The number of hydrogen-bond donors (Lipinski definition) is 2. The molecule has 7 atom stereocenters. The number of alkyl halides is 1. The number of halogens is 1. The molecule has 1 aromatic heterocycles. The number of aryl methyl sites for hydroxylation is 2. The predicted octanol–water partition coefficient (Wildman–Crippen LogP) is 1.18. The minimum atomic E-state index is -1.23. The fraction of sp³-hybridized carbons (Fsp3) is 0.690. The fourth-order valence-electron chi connectivity index (χ4n) is 5.68. The minimum absolute atomic E-state index is 0.0714. The van der Waals surface area contributed by atoms with Crippen LogP contribution in [-0.2, 0) is 24.4 Å². The molecule has 2 unspecified atom stereocenters. The van der Waals surface area contributed by atoms with Crippen molar-refractivity contribution < 1.29 is 49.2 Å². The SMILES string of the molecule is Cc1nc2cc(C3CC4[I-]O[C@]4(C)CCC[C@H](C)[C@H](O)[C@@H](C)C(=O)C(C)(C)[C@@H](O)CC(=O)O3)ccc2n1C. The van der Waals surface area contributed by atoms with Crippen LogP contribution in [0.3, 0.4) is 0 Å². The molecule has 0 amide bonds. The van der Waals surface area contributed by atoms with E-state index in [1.807, 2.05) is 43.7 Å². The molecule has 0 saturated carbocycles. The summed E-state index contributed by atoms with van der Waals surface area (Å²) in [5.74, 6) is -0.626. The number of Topliss-reactive ketones (excluding diaryl/α,β-unsaturated/α-hetero) is 1. The van der Waals surface area contributed by atoms with Gasteiger partial charge in [-0.15, -0.1) is 0 Å². The first-order valence-corrected chi connectivity index (χ1v) is 15.7. The van der Waals surface area contributed by atoms with Gasteiger partial charge < -0.3 is 0 Å². The van der Waals surface area contributed by atoms with Gasteiger partial charge in [-0.1, -0.05) is 0 Å². The second kappa shape index (κ2) is 11.1. The Hall–Kier alpha value is -1.56. The Morgan fingerprint density at radius 1 is 1.16 bits per heavy atom. The van der Waals surface area contributed by atoms with E-state index in [4.69, 9.17) is 7.80 Å². The van der Waals surface area contributed by atoms with E-state index in [-0.39, 0.29) is 23.7 Å². The van der Waals surface area contributed by atoms with Gasteiger partial charge in [-0.3, -0.25) is 0 Å². The van der Waals surface area contributed by atoms with Gasteiger partial charge in [-0.05, 0) is 0 Å². The van der Waals surface area contributed by atoms with Gasteiger partial charge in [-0.2, -0.15) is 0 Å². The summed E-state index contributed by atoms with van der Waals surface area (Å²) in [5, 5.41) is 21.9. The summed E-state index contributed by atoms with van der Waals surface area (Å²) in [6, 6.07) is 5.99. The van der Waals surface area contributed by atoms with Crippen LogP contribution in [0.1, 0.15) is 84.2 Å². The maximum atomic E-state index is 13.3. The number of carbonyl (C=O) groups is 2. The molecule has 0 spiro atoms. The molecule has 2 saturated heterocycles. The molecule has 4 rings (SSSR count). The van der Waals surface area contributed by atoms with Crippen molar-refractivity contribution in [2.45, 2.75) is 101 Å². The number of aliphatic hydroxyl groups excluding tert-OH is 2.